The van der Waals surface area contributed by atoms with Crippen molar-refractivity contribution in [2.75, 3.05) is 0 Å². The van der Waals surface area contributed by atoms with Crippen LogP contribution in [0.4, 0.5) is 0 Å². The van der Waals surface area contributed by atoms with Gasteiger partial charge in [-0.25, -0.2) is 0 Å². The van der Waals surface area contributed by atoms with Crippen LogP contribution in [0, 0.1) is 6.92 Å². The second kappa shape index (κ2) is 7.95. The lowest BCUT2D eigenvalue weighted by Gasteiger charge is -2.06. The van der Waals surface area contributed by atoms with E-state index in [4.69, 9.17) is 0 Å². The minimum atomic E-state index is 0.0145. The number of ketones is 1. The van der Waals surface area contributed by atoms with Gasteiger partial charge in [0.1, 0.15) is 0 Å². The molecule has 5 nitrogen and oxygen atoms in total. The molecule has 30 heavy (non-hydrogen) atoms. The largest absolute Gasteiger partial charge is 0.341 e. The molecule has 4 aromatic rings. The van der Waals surface area contributed by atoms with Crippen LogP contribution >= 0.6 is 0 Å². The maximum Gasteiger partial charge on any atom is 0.323 e. The second-order valence-electron chi connectivity index (χ2n) is 7.23. The zero-order chi connectivity index (χ0) is 21.3. The molecule has 0 atom stereocenters. The maximum absolute atomic E-state index is 13.1. The minimum Gasteiger partial charge on any atom is -0.341 e. The number of carbonyl (C=O) groups excluding carboxylic acids is 2. The molecule has 0 aliphatic carbocycles. The zero-order valence-corrected chi connectivity index (χ0v) is 17.2. The average molecular weight is 398 g/mol. The molecule has 0 aliphatic heterocycles. The molecule has 150 valence electrons. The standard InChI is InChI=1S/C25H22N2O3/c1-4-27-23-11-9-18(17(3)26-30-15-28)13-21(23)22-14-19(10-12-24(22)27)25(29)20-8-6-5-7-16(20)2/h5-15H,4H2,1-3H3/b26-17+. The van der Waals surface area contributed by atoms with Crippen molar-refractivity contribution in [3.05, 3.63) is 82.9 Å². The Balaban J connectivity index is 1.91. The highest BCUT2D eigenvalue weighted by Gasteiger charge is 2.16. The number of hydrogen-bond donors (Lipinski definition) is 0. The molecular weight excluding hydrogens is 376 g/mol. The van der Waals surface area contributed by atoms with Crippen LogP contribution in [0.5, 0.6) is 0 Å². The van der Waals surface area contributed by atoms with Crippen LogP contribution < -0.4 is 0 Å². The van der Waals surface area contributed by atoms with Gasteiger partial charge in [0, 0.05) is 39.5 Å². The SMILES string of the molecule is CCn1c2ccc(C(=O)c3ccccc3C)cc2c2cc(/C(C)=N/OC=O)ccc21. The van der Waals surface area contributed by atoms with Crippen LogP contribution in [0.15, 0.2) is 65.8 Å². The molecule has 1 aromatic heterocycles. The summed E-state index contributed by atoms with van der Waals surface area (Å²) in [5.74, 6) is 0.0145. The van der Waals surface area contributed by atoms with Crippen LogP contribution in [0.1, 0.15) is 40.9 Å². The van der Waals surface area contributed by atoms with Crippen molar-refractivity contribution >= 4 is 39.8 Å². The number of fused-ring (bicyclic) bond motifs is 3. The summed E-state index contributed by atoms with van der Waals surface area (Å²) in [7, 11) is 0. The summed E-state index contributed by atoms with van der Waals surface area (Å²) < 4.78 is 2.23. The predicted molar refractivity (Wildman–Crippen MR) is 119 cm³/mol. The minimum absolute atomic E-state index is 0.0145. The fourth-order valence-corrected chi connectivity index (χ4v) is 3.95. The number of hydrogen-bond acceptors (Lipinski definition) is 4. The lowest BCUT2D eigenvalue weighted by Crippen LogP contribution is -2.03. The van der Waals surface area contributed by atoms with Crippen molar-refractivity contribution in [1.29, 1.82) is 0 Å². The highest BCUT2D eigenvalue weighted by atomic mass is 16.7. The smallest absolute Gasteiger partial charge is 0.323 e. The van der Waals surface area contributed by atoms with Crippen LogP contribution in [0.2, 0.25) is 0 Å². The Bertz CT molecular complexity index is 1310. The molecule has 0 aliphatic rings. The van der Waals surface area contributed by atoms with Gasteiger partial charge < -0.3 is 9.40 Å². The van der Waals surface area contributed by atoms with Crippen molar-refractivity contribution in [3.63, 3.8) is 0 Å². The Morgan fingerprint density at radius 3 is 2.27 bits per heavy atom. The van der Waals surface area contributed by atoms with Gasteiger partial charge in [0.15, 0.2) is 5.78 Å². The van der Waals surface area contributed by atoms with E-state index < -0.39 is 0 Å². The Hall–Kier alpha value is -3.73. The van der Waals surface area contributed by atoms with Crippen LogP contribution in [-0.2, 0) is 16.2 Å². The fourth-order valence-electron chi connectivity index (χ4n) is 3.95. The number of benzene rings is 3. The van der Waals surface area contributed by atoms with Gasteiger partial charge in [0.05, 0.1) is 5.71 Å². The van der Waals surface area contributed by atoms with Gasteiger partial charge in [-0.1, -0.05) is 35.5 Å². The summed E-state index contributed by atoms with van der Waals surface area (Å²) in [6, 6.07) is 19.5. The first kappa shape index (κ1) is 19.6. The van der Waals surface area contributed by atoms with Gasteiger partial charge >= 0.3 is 6.47 Å². The first-order chi connectivity index (χ1) is 14.5. The Morgan fingerprint density at radius 1 is 1.00 bits per heavy atom. The molecule has 0 saturated heterocycles. The van der Waals surface area contributed by atoms with E-state index in [1.807, 2.05) is 67.6 Å². The number of carbonyl (C=O) groups is 2. The number of rotatable bonds is 6. The molecule has 0 spiro atoms. The Morgan fingerprint density at radius 2 is 1.63 bits per heavy atom. The van der Waals surface area contributed by atoms with E-state index in [0.29, 0.717) is 23.3 Å². The molecule has 0 radical (unpaired) electrons. The van der Waals surface area contributed by atoms with E-state index in [1.54, 1.807) is 6.92 Å². The van der Waals surface area contributed by atoms with E-state index in [1.165, 1.54) is 0 Å². The summed E-state index contributed by atoms with van der Waals surface area (Å²) in [5.41, 5.74) is 5.95. The molecule has 0 unspecified atom stereocenters. The number of oxime groups is 1. The highest BCUT2D eigenvalue weighted by molar-refractivity contribution is 6.16. The van der Waals surface area contributed by atoms with Crippen molar-refractivity contribution in [2.45, 2.75) is 27.3 Å². The van der Waals surface area contributed by atoms with Crippen LogP contribution in [-0.4, -0.2) is 22.5 Å². The van der Waals surface area contributed by atoms with Crippen molar-refractivity contribution in [2.24, 2.45) is 5.16 Å². The predicted octanol–water partition coefficient (Wildman–Crippen LogP) is 5.25. The third kappa shape index (κ3) is 3.28. The van der Waals surface area contributed by atoms with Crippen molar-refractivity contribution in [1.82, 2.24) is 4.57 Å². The fraction of sp³-hybridized carbons (Fsp3) is 0.160. The third-order valence-corrected chi connectivity index (χ3v) is 5.48. The summed E-state index contributed by atoms with van der Waals surface area (Å²) in [6.07, 6.45) is 0. The quantitative estimate of drug-likeness (QED) is 0.146. The molecule has 0 N–H and O–H groups in total. The molecule has 0 fully saturated rings. The van der Waals surface area contributed by atoms with Crippen molar-refractivity contribution < 1.29 is 14.4 Å². The average Bonchev–Trinajstić information content (AvgIpc) is 3.09. The first-order valence-electron chi connectivity index (χ1n) is 9.86. The highest BCUT2D eigenvalue weighted by Crippen LogP contribution is 2.31. The molecule has 0 saturated carbocycles. The molecule has 4 rings (SSSR count). The van der Waals surface area contributed by atoms with Gasteiger partial charge in [-0.05, 0) is 62.2 Å². The van der Waals surface area contributed by atoms with E-state index in [2.05, 4.69) is 21.5 Å². The van der Waals surface area contributed by atoms with Gasteiger partial charge in [-0.3, -0.25) is 9.59 Å². The monoisotopic (exact) mass is 398 g/mol. The topological polar surface area (TPSA) is 60.7 Å². The summed E-state index contributed by atoms with van der Waals surface area (Å²) in [6.45, 7) is 6.95. The van der Waals surface area contributed by atoms with Crippen LogP contribution in [0.3, 0.4) is 0 Å². The first-order valence-corrected chi connectivity index (χ1v) is 9.86. The lowest BCUT2D eigenvalue weighted by atomic mass is 9.97. The molecular formula is C25H22N2O3. The Kier molecular flexibility index (Phi) is 5.19. The molecule has 0 amide bonds. The summed E-state index contributed by atoms with van der Waals surface area (Å²) in [4.78, 5) is 28.1. The van der Waals surface area contributed by atoms with Crippen molar-refractivity contribution in [3.8, 4) is 0 Å². The molecule has 1 heterocycles. The zero-order valence-electron chi connectivity index (χ0n) is 17.2. The molecule has 5 heteroatoms. The maximum atomic E-state index is 13.1. The number of aryl methyl sites for hydroxylation is 2. The van der Waals surface area contributed by atoms with Gasteiger partial charge in [-0.15, -0.1) is 0 Å². The molecule has 3 aromatic carbocycles. The lowest BCUT2D eigenvalue weighted by molar-refractivity contribution is -0.128. The van der Waals surface area contributed by atoms with E-state index in [9.17, 15) is 9.59 Å². The normalized spacial score (nSPS) is 11.8. The van der Waals surface area contributed by atoms with E-state index in [-0.39, 0.29) is 5.78 Å². The Labute approximate surface area is 174 Å². The summed E-state index contributed by atoms with van der Waals surface area (Å²) >= 11 is 0. The van der Waals surface area contributed by atoms with Gasteiger partial charge in [-0.2, -0.15) is 0 Å². The van der Waals surface area contributed by atoms with E-state index in [0.717, 1.165) is 39.5 Å². The van der Waals surface area contributed by atoms with Gasteiger partial charge in [0.25, 0.3) is 0 Å². The van der Waals surface area contributed by atoms with Crippen LogP contribution in [0.25, 0.3) is 21.8 Å². The molecule has 0 bridgehead atoms. The van der Waals surface area contributed by atoms with E-state index >= 15 is 0 Å². The third-order valence-electron chi connectivity index (χ3n) is 5.48. The number of aromatic nitrogens is 1. The second-order valence-corrected chi connectivity index (χ2v) is 7.23. The number of nitrogens with zero attached hydrogens (tertiary/aromatic N) is 2. The summed E-state index contributed by atoms with van der Waals surface area (Å²) in [5, 5.41) is 5.85. The van der Waals surface area contributed by atoms with Gasteiger partial charge in [0.2, 0.25) is 0 Å².